The molecule has 0 aromatic carbocycles. The number of halogens is 1. The van der Waals surface area contributed by atoms with Crippen molar-refractivity contribution in [2.24, 2.45) is 0 Å². The monoisotopic (exact) mass is 264 g/mol. The molecule has 2 aromatic rings. The normalized spacial score (nSPS) is 9.87. The van der Waals surface area contributed by atoms with E-state index in [4.69, 9.17) is 15.4 Å². The number of hydrogen-bond donors (Lipinski definition) is 1. The van der Waals surface area contributed by atoms with E-state index >= 15 is 0 Å². The number of anilines is 1. The molecule has 2 N–H and O–H groups in total. The zero-order chi connectivity index (χ0) is 10.8. The molecule has 0 aliphatic rings. The topological polar surface area (TPSA) is 88.7 Å². The van der Waals surface area contributed by atoms with Gasteiger partial charge < -0.3 is 10.2 Å². The first-order chi connectivity index (χ1) is 7.20. The fraction of sp³-hybridized carbons (Fsp3) is 0. The van der Waals surface area contributed by atoms with Gasteiger partial charge in [-0.2, -0.15) is 5.26 Å². The first kappa shape index (κ1) is 9.68. The number of aromatic nitrogens is 2. The molecule has 2 rings (SSSR count). The minimum absolute atomic E-state index is 0.148. The molecule has 0 atom stereocenters. The van der Waals surface area contributed by atoms with Crippen LogP contribution in [0.15, 0.2) is 27.4 Å². The Kier molecular flexibility index (Phi) is 2.39. The molecular weight excluding hydrogens is 260 g/mol. The van der Waals surface area contributed by atoms with Gasteiger partial charge in [-0.3, -0.25) is 0 Å². The number of rotatable bonds is 1. The Hall–Kier alpha value is -1.87. The highest BCUT2D eigenvalue weighted by molar-refractivity contribution is 9.10. The molecule has 0 bridgehead atoms. The van der Waals surface area contributed by atoms with E-state index in [2.05, 4.69) is 25.9 Å². The Balaban J connectivity index is 2.48. The van der Waals surface area contributed by atoms with Crippen molar-refractivity contribution in [3.05, 3.63) is 28.6 Å². The highest BCUT2D eigenvalue weighted by Crippen LogP contribution is 2.22. The maximum atomic E-state index is 8.64. The average molecular weight is 265 g/mol. The van der Waals surface area contributed by atoms with Gasteiger partial charge in [0, 0.05) is 0 Å². The van der Waals surface area contributed by atoms with E-state index < -0.39 is 0 Å². The lowest BCUT2D eigenvalue weighted by Crippen LogP contribution is -1.98. The van der Waals surface area contributed by atoms with E-state index in [-0.39, 0.29) is 11.4 Å². The number of nitrogens with two attached hydrogens (primary N) is 1. The van der Waals surface area contributed by atoms with Gasteiger partial charge >= 0.3 is 0 Å². The van der Waals surface area contributed by atoms with Crippen molar-refractivity contribution in [3.63, 3.8) is 0 Å². The molecule has 0 aliphatic carbocycles. The summed E-state index contributed by atoms with van der Waals surface area (Å²) in [6.45, 7) is 0. The van der Waals surface area contributed by atoms with Crippen LogP contribution < -0.4 is 5.73 Å². The largest absolute Gasteiger partial charge is 0.446 e. The first-order valence-electron chi connectivity index (χ1n) is 3.99. The van der Waals surface area contributed by atoms with E-state index in [0.29, 0.717) is 16.3 Å². The number of furan rings is 1. The van der Waals surface area contributed by atoms with Crippen LogP contribution in [0, 0.1) is 11.3 Å². The van der Waals surface area contributed by atoms with Gasteiger partial charge in [0.25, 0.3) is 0 Å². The summed E-state index contributed by atoms with van der Waals surface area (Å²) >= 11 is 3.17. The zero-order valence-corrected chi connectivity index (χ0v) is 9.02. The fourth-order valence-electron chi connectivity index (χ4n) is 1.03. The molecule has 0 radical (unpaired) electrons. The summed E-state index contributed by atoms with van der Waals surface area (Å²) in [4.78, 5) is 7.92. The molecule has 0 saturated heterocycles. The molecule has 0 spiro atoms. The second-order valence-electron chi connectivity index (χ2n) is 2.71. The Morgan fingerprint density at radius 1 is 1.47 bits per heavy atom. The molecule has 0 saturated carbocycles. The molecule has 2 heterocycles. The number of nitriles is 1. The molecule has 6 heteroatoms. The van der Waals surface area contributed by atoms with E-state index in [1.165, 1.54) is 6.20 Å². The van der Waals surface area contributed by atoms with E-state index in [1.54, 1.807) is 12.1 Å². The standard InChI is InChI=1S/C9H5BrN4O/c10-7-2-1-6(15-7)9-13-4-5(3-11)8(12)14-9/h1-2,4H,(H2,12,13,14). The van der Waals surface area contributed by atoms with Crippen molar-refractivity contribution in [2.45, 2.75) is 0 Å². The second-order valence-corrected chi connectivity index (χ2v) is 3.49. The van der Waals surface area contributed by atoms with Crippen LogP contribution in [0.5, 0.6) is 0 Å². The van der Waals surface area contributed by atoms with Crippen molar-refractivity contribution in [2.75, 3.05) is 5.73 Å². The molecule has 0 aliphatic heterocycles. The van der Waals surface area contributed by atoms with E-state index in [0.717, 1.165) is 0 Å². The Morgan fingerprint density at radius 2 is 2.27 bits per heavy atom. The summed E-state index contributed by atoms with van der Waals surface area (Å²) in [7, 11) is 0. The van der Waals surface area contributed by atoms with Crippen molar-refractivity contribution in [1.82, 2.24) is 9.97 Å². The summed E-state index contributed by atoms with van der Waals surface area (Å²) in [6.07, 6.45) is 1.37. The molecule has 0 unspecified atom stereocenters. The van der Waals surface area contributed by atoms with Crippen LogP contribution >= 0.6 is 15.9 Å². The Morgan fingerprint density at radius 3 is 2.80 bits per heavy atom. The summed E-state index contributed by atoms with van der Waals surface area (Å²) in [5.41, 5.74) is 5.80. The van der Waals surface area contributed by atoms with Crippen LogP contribution in [0.2, 0.25) is 0 Å². The van der Waals surface area contributed by atoms with Gasteiger partial charge in [-0.05, 0) is 28.1 Å². The molecule has 5 nitrogen and oxygen atoms in total. The minimum Gasteiger partial charge on any atom is -0.446 e. The van der Waals surface area contributed by atoms with E-state index in [9.17, 15) is 0 Å². The van der Waals surface area contributed by atoms with Gasteiger partial charge in [-0.15, -0.1) is 0 Å². The lowest BCUT2D eigenvalue weighted by atomic mass is 10.3. The Bertz CT molecular complexity index is 543. The smallest absolute Gasteiger partial charge is 0.197 e. The molecule has 0 amide bonds. The molecule has 0 fully saturated rings. The lowest BCUT2D eigenvalue weighted by Gasteiger charge is -1.98. The van der Waals surface area contributed by atoms with Crippen LogP contribution in [0.4, 0.5) is 5.82 Å². The summed E-state index contributed by atoms with van der Waals surface area (Å²) < 4.78 is 5.84. The first-order valence-corrected chi connectivity index (χ1v) is 4.78. The van der Waals surface area contributed by atoms with Gasteiger partial charge in [0.1, 0.15) is 17.5 Å². The molecule has 15 heavy (non-hydrogen) atoms. The highest BCUT2D eigenvalue weighted by atomic mass is 79.9. The second kappa shape index (κ2) is 3.71. The lowest BCUT2D eigenvalue weighted by molar-refractivity contribution is 0.551. The molecule has 2 aromatic heterocycles. The fourth-order valence-corrected chi connectivity index (χ4v) is 1.34. The van der Waals surface area contributed by atoms with Crippen LogP contribution in [-0.4, -0.2) is 9.97 Å². The Labute approximate surface area is 93.7 Å². The number of nitrogens with zero attached hydrogens (tertiary/aromatic N) is 3. The quantitative estimate of drug-likeness (QED) is 0.851. The highest BCUT2D eigenvalue weighted by Gasteiger charge is 2.08. The summed E-state index contributed by atoms with van der Waals surface area (Å²) in [6, 6.07) is 5.33. The van der Waals surface area contributed by atoms with Crippen molar-refractivity contribution >= 4 is 21.7 Å². The molecular formula is C9H5BrN4O. The van der Waals surface area contributed by atoms with Crippen molar-refractivity contribution in [1.29, 1.82) is 5.26 Å². The molecule has 74 valence electrons. The van der Waals surface area contributed by atoms with E-state index in [1.807, 2.05) is 6.07 Å². The third kappa shape index (κ3) is 1.82. The SMILES string of the molecule is N#Cc1cnc(-c2ccc(Br)o2)nc1N. The zero-order valence-electron chi connectivity index (χ0n) is 7.44. The van der Waals surface area contributed by atoms with Gasteiger partial charge in [0.05, 0.1) is 6.20 Å². The summed E-state index contributed by atoms with van der Waals surface area (Å²) in [5.74, 6) is 1.00. The van der Waals surface area contributed by atoms with Gasteiger partial charge in [-0.1, -0.05) is 0 Å². The third-order valence-corrected chi connectivity index (χ3v) is 2.16. The van der Waals surface area contributed by atoms with Gasteiger partial charge in [0.2, 0.25) is 0 Å². The maximum absolute atomic E-state index is 8.64. The van der Waals surface area contributed by atoms with Crippen LogP contribution in [0.3, 0.4) is 0 Å². The van der Waals surface area contributed by atoms with Crippen molar-refractivity contribution in [3.8, 4) is 17.7 Å². The third-order valence-electron chi connectivity index (χ3n) is 1.73. The predicted octanol–water partition coefficient (Wildman–Crippen LogP) is 1.95. The van der Waals surface area contributed by atoms with Crippen molar-refractivity contribution < 1.29 is 4.42 Å². The minimum atomic E-state index is 0.148. The average Bonchev–Trinajstić information content (AvgIpc) is 2.65. The number of hydrogen-bond acceptors (Lipinski definition) is 5. The van der Waals surface area contributed by atoms with Gasteiger partial charge in [-0.25, -0.2) is 9.97 Å². The van der Waals surface area contributed by atoms with Crippen LogP contribution in [0.25, 0.3) is 11.6 Å². The number of nitrogen functional groups attached to an aromatic ring is 1. The van der Waals surface area contributed by atoms with Crippen LogP contribution in [-0.2, 0) is 0 Å². The summed E-state index contributed by atoms with van der Waals surface area (Å²) in [5, 5.41) is 8.64. The van der Waals surface area contributed by atoms with Gasteiger partial charge in [0.15, 0.2) is 16.3 Å². The predicted molar refractivity (Wildman–Crippen MR) is 56.6 cm³/mol. The van der Waals surface area contributed by atoms with Crippen LogP contribution in [0.1, 0.15) is 5.56 Å². The maximum Gasteiger partial charge on any atom is 0.197 e.